The molecule has 0 amide bonds. The number of methoxy groups -OCH3 is 2. The number of aliphatic carboxylic acids is 1. The topological polar surface area (TPSA) is 91.3 Å². The number of hydrogen-bond donors (Lipinski definition) is 1. The fourth-order valence-corrected chi connectivity index (χ4v) is 5.55. The van der Waals surface area contributed by atoms with Crippen LogP contribution in [0.25, 0.3) is 0 Å². The molecule has 9 heteroatoms. The van der Waals surface area contributed by atoms with Gasteiger partial charge in [-0.2, -0.15) is 0 Å². The second kappa shape index (κ2) is 15.3. The highest BCUT2D eigenvalue weighted by atomic mass is 33.1. The zero-order chi connectivity index (χ0) is 27.2. The maximum absolute atomic E-state index is 11.5. The van der Waals surface area contributed by atoms with Crippen molar-refractivity contribution >= 4 is 33.5 Å². The highest BCUT2D eigenvalue weighted by molar-refractivity contribution is 8.76. The smallest absolute Gasteiger partial charge is 0.306 e. The van der Waals surface area contributed by atoms with Crippen LogP contribution in [0.2, 0.25) is 0 Å². The van der Waals surface area contributed by atoms with Crippen LogP contribution in [0.4, 0.5) is 0 Å². The third-order valence-corrected chi connectivity index (χ3v) is 8.05. The molecule has 0 saturated heterocycles. The summed E-state index contributed by atoms with van der Waals surface area (Å²) in [6, 6.07) is 25.9. The first-order valence-corrected chi connectivity index (χ1v) is 14.6. The van der Waals surface area contributed by atoms with Crippen molar-refractivity contribution in [1.82, 2.24) is 0 Å². The van der Waals surface area contributed by atoms with Gasteiger partial charge in [0.25, 0.3) is 0 Å². The lowest BCUT2D eigenvalue weighted by Crippen LogP contribution is -2.33. The number of carboxylic acids is 1. The van der Waals surface area contributed by atoms with E-state index in [2.05, 4.69) is 12.1 Å². The Labute approximate surface area is 231 Å². The number of carbonyl (C=O) groups excluding carboxylic acids is 1. The zero-order valence-electron chi connectivity index (χ0n) is 21.5. The fourth-order valence-electron chi connectivity index (χ4n) is 3.89. The quantitative estimate of drug-likeness (QED) is 0.102. The number of rotatable bonds is 16. The van der Waals surface area contributed by atoms with Crippen LogP contribution in [0.15, 0.2) is 78.9 Å². The summed E-state index contributed by atoms with van der Waals surface area (Å²) in [5.74, 6) is 1.33. The van der Waals surface area contributed by atoms with Gasteiger partial charge in [-0.05, 0) is 41.0 Å². The van der Waals surface area contributed by atoms with Gasteiger partial charge in [0.05, 0.1) is 33.7 Å². The molecule has 0 aliphatic carbocycles. The van der Waals surface area contributed by atoms with Crippen LogP contribution >= 0.6 is 21.6 Å². The van der Waals surface area contributed by atoms with E-state index in [0.717, 1.165) is 28.2 Å². The normalized spacial score (nSPS) is 11.1. The summed E-state index contributed by atoms with van der Waals surface area (Å²) < 4.78 is 22.6. The lowest BCUT2D eigenvalue weighted by Gasteiger charge is -2.36. The van der Waals surface area contributed by atoms with Crippen molar-refractivity contribution in [2.24, 2.45) is 0 Å². The second-order valence-corrected chi connectivity index (χ2v) is 10.8. The molecule has 7 nitrogen and oxygen atoms in total. The zero-order valence-corrected chi connectivity index (χ0v) is 23.1. The van der Waals surface area contributed by atoms with Crippen molar-refractivity contribution in [2.75, 3.05) is 38.9 Å². The van der Waals surface area contributed by atoms with E-state index < -0.39 is 17.5 Å². The van der Waals surface area contributed by atoms with Gasteiger partial charge in [-0.15, -0.1) is 0 Å². The molecule has 0 spiro atoms. The molecule has 0 aromatic heterocycles. The Balaban J connectivity index is 1.71. The Hall–Kier alpha value is -3.14. The standard InChI is InChI=1S/C29H32O7S2/c1-33-25-12-8-23(9-13-25)29(22-6-4-3-5-7-22,24-10-14-26(34-2)15-11-24)36-19-21-38-37-20-18-35-28(32)17-16-27(30)31/h3-15H,16-21H2,1-2H3,(H,30,31). The lowest BCUT2D eigenvalue weighted by atomic mass is 9.80. The summed E-state index contributed by atoms with van der Waals surface area (Å²) >= 11 is 0. The average Bonchev–Trinajstić information content (AvgIpc) is 2.96. The minimum Gasteiger partial charge on any atom is -0.497 e. The molecule has 0 atom stereocenters. The van der Waals surface area contributed by atoms with Crippen molar-refractivity contribution in [3.8, 4) is 11.5 Å². The predicted octanol–water partition coefficient (Wildman–Crippen LogP) is 5.80. The van der Waals surface area contributed by atoms with Crippen molar-refractivity contribution in [1.29, 1.82) is 0 Å². The van der Waals surface area contributed by atoms with Crippen molar-refractivity contribution in [3.63, 3.8) is 0 Å². The van der Waals surface area contributed by atoms with Gasteiger partial charge in [0, 0.05) is 11.5 Å². The SMILES string of the molecule is COc1ccc(C(OCCSSCCOC(=O)CCC(=O)O)(c2ccccc2)c2ccc(OC)cc2)cc1. The van der Waals surface area contributed by atoms with Gasteiger partial charge in [0.2, 0.25) is 0 Å². The van der Waals surface area contributed by atoms with E-state index in [-0.39, 0.29) is 19.4 Å². The molecular weight excluding hydrogens is 524 g/mol. The van der Waals surface area contributed by atoms with Crippen LogP contribution in [0, 0.1) is 0 Å². The third kappa shape index (κ3) is 8.18. The summed E-state index contributed by atoms with van der Waals surface area (Å²) in [5, 5.41) is 8.64. The minimum absolute atomic E-state index is 0.112. The molecule has 0 heterocycles. The first-order chi connectivity index (χ1) is 18.5. The Kier molecular flexibility index (Phi) is 11.9. The van der Waals surface area contributed by atoms with Gasteiger partial charge < -0.3 is 24.1 Å². The minimum atomic E-state index is -1.01. The fraction of sp³-hybridized carbons (Fsp3) is 0.310. The number of ether oxygens (including phenoxy) is 4. The molecular formula is C29H32O7S2. The number of carbonyl (C=O) groups is 2. The molecule has 0 fully saturated rings. The molecule has 38 heavy (non-hydrogen) atoms. The lowest BCUT2D eigenvalue weighted by molar-refractivity contribution is -0.147. The van der Waals surface area contributed by atoms with E-state index in [9.17, 15) is 9.59 Å². The van der Waals surface area contributed by atoms with Crippen LogP contribution in [-0.4, -0.2) is 56.0 Å². The van der Waals surface area contributed by atoms with Crippen LogP contribution in [0.3, 0.4) is 0 Å². The molecule has 0 saturated carbocycles. The number of esters is 1. The highest BCUT2D eigenvalue weighted by Crippen LogP contribution is 2.42. The van der Waals surface area contributed by atoms with Gasteiger partial charge in [0.1, 0.15) is 23.7 Å². The first kappa shape index (κ1) is 29.4. The molecule has 0 radical (unpaired) electrons. The van der Waals surface area contributed by atoms with E-state index in [1.54, 1.807) is 35.8 Å². The van der Waals surface area contributed by atoms with Crippen LogP contribution < -0.4 is 9.47 Å². The van der Waals surface area contributed by atoms with Crippen LogP contribution in [0.5, 0.6) is 11.5 Å². The van der Waals surface area contributed by atoms with Gasteiger partial charge in [-0.25, -0.2) is 0 Å². The van der Waals surface area contributed by atoms with Crippen LogP contribution in [-0.2, 0) is 24.7 Å². The van der Waals surface area contributed by atoms with E-state index >= 15 is 0 Å². The highest BCUT2D eigenvalue weighted by Gasteiger charge is 2.37. The molecule has 0 bridgehead atoms. The summed E-state index contributed by atoms with van der Waals surface area (Å²) in [6.45, 7) is 0.700. The van der Waals surface area contributed by atoms with Gasteiger partial charge in [-0.3, -0.25) is 9.59 Å². The second-order valence-electron chi connectivity index (χ2n) is 8.11. The third-order valence-electron chi connectivity index (χ3n) is 5.71. The Morgan fingerprint density at radius 2 is 1.21 bits per heavy atom. The number of benzene rings is 3. The van der Waals surface area contributed by atoms with E-state index in [1.807, 2.05) is 66.7 Å². The number of carboxylic acid groups (broad SMARTS) is 1. The van der Waals surface area contributed by atoms with E-state index in [1.165, 1.54) is 0 Å². The summed E-state index contributed by atoms with van der Waals surface area (Å²) in [6.07, 6.45) is -0.330. The average molecular weight is 557 g/mol. The molecule has 1 N–H and O–H groups in total. The number of hydrogen-bond acceptors (Lipinski definition) is 8. The Morgan fingerprint density at radius 1 is 0.711 bits per heavy atom. The maximum atomic E-state index is 11.5. The van der Waals surface area contributed by atoms with E-state index in [4.69, 9.17) is 24.1 Å². The van der Waals surface area contributed by atoms with Gasteiger partial charge >= 0.3 is 11.9 Å². The molecule has 0 unspecified atom stereocenters. The molecule has 3 aromatic carbocycles. The monoisotopic (exact) mass is 556 g/mol. The summed E-state index contributed by atoms with van der Waals surface area (Å²) in [5.41, 5.74) is 2.09. The molecule has 3 aromatic rings. The molecule has 0 aliphatic heterocycles. The van der Waals surface area contributed by atoms with Gasteiger partial charge in [-0.1, -0.05) is 76.2 Å². The summed E-state index contributed by atoms with van der Waals surface area (Å²) in [4.78, 5) is 22.1. The van der Waals surface area contributed by atoms with Crippen molar-refractivity contribution < 1.29 is 33.6 Å². The predicted molar refractivity (Wildman–Crippen MR) is 151 cm³/mol. The van der Waals surface area contributed by atoms with Gasteiger partial charge in [0.15, 0.2) is 0 Å². The van der Waals surface area contributed by atoms with Crippen LogP contribution in [0.1, 0.15) is 29.5 Å². The Morgan fingerprint density at radius 3 is 1.71 bits per heavy atom. The largest absolute Gasteiger partial charge is 0.497 e. The Bertz CT molecular complexity index is 1090. The first-order valence-electron chi connectivity index (χ1n) is 12.1. The van der Waals surface area contributed by atoms with E-state index in [0.29, 0.717) is 18.1 Å². The molecule has 3 rings (SSSR count). The molecule has 202 valence electrons. The maximum Gasteiger partial charge on any atom is 0.306 e. The summed E-state index contributed by atoms with van der Waals surface area (Å²) in [7, 11) is 6.49. The van der Waals surface area contributed by atoms with Crippen molar-refractivity contribution in [3.05, 3.63) is 95.6 Å². The van der Waals surface area contributed by atoms with Crippen molar-refractivity contribution in [2.45, 2.75) is 18.4 Å². The molecule has 0 aliphatic rings.